The summed E-state index contributed by atoms with van der Waals surface area (Å²) in [6, 6.07) is 8.83. The lowest BCUT2D eigenvalue weighted by Gasteiger charge is -2.20. The lowest BCUT2D eigenvalue weighted by atomic mass is 10.1. The monoisotopic (exact) mass is 414 g/mol. The Morgan fingerprint density at radius 2 is 1.80 bits per heavy atom. The molecular weight excluding hydrogens is 391 g/mol. The Hall–Kier alpha value is -3.55. The molecule has 1 heterocycles. The predicted molar refractivity (Wildman–Crippen MR) is 112 cm³/mol. The molecule has 8 heteroatoms. The third-order valence-corrected chi connectivity index (χ3v) is 4.20. The molecule has 0 radical (unpaired) electrons. The van der Waals surface area contributed by atoms with Gasteiger partial charge in [-0.25, -0.2) is 9.18 Å². The summed E-state index contributed by atoms with van der Waals surface area (Å²) in [5.74, 6) is -0.439. The van der Waals surface area contributed by atoms with Gasteiger partial charge in [-0.2, -0.15) is 0 Å². The van der Waals surface area contributed by atoms with E-state index in [1.165, 1.54) is 31.4 Å². The standard InChI is InChI=1S/C22H23FN2O5/c1-12-15-10-13(23)6-8-17(15)29-19(12)20(26)24-14-7-9-18(28-5)16(11-14)25-21(27)30-22(2,3)4/h6-11H,1-5H3,(H,24,26)(H,25,27). The molecule has 0 aliphatic rings. The minimum Gasteiger partial charge on any atom is -0.495 e. The number of hydrogen-bond donors (Lipinski definition) is 2. The highest BCUT2D eigenvalue weighted by molar-refractivity contribution is 6.06. The van der Waals surface area contributed by atoms with Crippen LogP contribution in [0.5, 0.6) is 5.75 Å². The summed E-state index contributed by atoms with van der Waals surface area (Å²) < 4.78 is 29.6. The average molecular weight is 414 g/mol. The molecule has 0 fully saturated rings. The van der Waals surface area contributed by atoms with Gasteiger partial charge in [0.1, 0.15) is 22.8 Å². The second kappa shape index (κ2) is 8.06. The molecule has 0 aliphatic heterocycles. The summed E-state index contributed by atoms with van der Waals surface area (Å²) in [7, 11) is 1.46. The van der Waals surface area contributed by atoms with Crippen molar-refractivity contribution in [3.63, 3.8) is 0 Å². The van der Waals surface area contributed by atoms with Crippen LogP contribution in [0.4, 0.5) is 20.6 Å². The summed E-state index contributed by atoms with van der Waals surface area (Å²) in [6.07, 6.45) is -0.653. The quantitative estimate of drug-likeness (QED) is 0.589. The zero-order chi connectivity index (χ0) is 22.1. The van der Waals surface area contributed by atoms with Crippen molar-refractivity contribution in [2.75, 3.05) is 17.7 Å². The Morgan fingerprint density at radius 1 is 1.07 bits per heavy atom. The van der Waals surface area contributed by atoms with Gasteiger partial charge in [-0.15, -0.1) is 0 Å². The van der Waals surface area contributed by atoms with Gasteiger partial charge in [0.15, 0.2) is 5.76 Å². The van der Waals surface area contributed by atoms with E-state index < -0.39 is 23.4 Å². The van der Waals surface area contributed by atoms with Crippen LogP contribution in [0.25, 0.3) is 11.0 Å². The van der Waals surface area contributed by atoms with Crippen molar-refractivity contribution < 1.29 is 27.9 Å². The number of amides is 2. The van der Waals surface area contributed by atoms with Crippen LogP contribution in [-0.2, 0) is 4.74 Å². The number of hydrogen-bond acceptors (Lipinski definition) is 5. The van der Waals surface area contributed by atoms with Gasteiger partial charge in [-0.05, 0) is 64.1 Å². The summed E-state index contributed by atoms with van der Waals surface area (Å²) in [4.78, 5) is 24.8. The van der Waals surface area contributed by atoms with Crippen LogP contribution < -0.4 is 15.4 Å². The number of methoxy groups -OCH3 is 1. The second-order valence-electron chi connectivity index (χ2n) is 7.69. The number of carbonyl (C=O) groups is 2. The predicted octanol–water partition coefficient (Wildman–Crippen LogP) is 5.49. The number of carbonyl (C=O) groups excluding carboxylic acids is 2. The first-order valence-electron chi connectivity index (χ1n) is 9.25. The second-order valence-corrected chi connectivity index (χ2v) is 7.69. The Balaban J connectivity index is 1.84. The molecule has 3 aromatic rings. The van der Waals surface area contributed by atoms with Gasteiger partial charge in [0.2, 0.25) is 0 Å². The van der Waals surface area contributed by atoms with Crippen molar-refractivity contribution in [1.29, 1.82) is 0 Å². The number of anilines is 2. The summed E-state index contributed by atoms with van der Waals surface area (Å²) in [5.41, 5.74) is 1.01. The van der Waals surface area contributed by atoms with E-state index in [4.69, 9.17) is 13.9 Å². The highest BCUT2D eigenvalue weighted by Crippen LogP contribution is 2.30. The summed E-state index contributed by atoms with van der Waals surface area (Å²) >= 11 is 0. The van der Waals surface area contributed by atoms with E-state index in [0.29, 0.717) is 33.7 Å². The van der Waals surface area contributed by atoms with Crippen molar-refractivity contribution >= 4 is 34.3 Å². The van der Waals surface area contributed by atoms with Gasteiger partial charge in [0.25, 0.3) is 5.91 Å². The Morgan fingerprint density at radius 3 is 2.47 bits per heavy atom. The van der Waals surface area contributed by atoms with Crippen molar-refractivity contribution in [3.05, 3.63) is 53.5 Å². The van der Waals surface area contributed by atoms with Gasteiger partial charge in [-0.1, -0.05) is 0 Å². The average Bonchev–Trinajstić information content (AvgIpc) is 2.97. The van der Waals surface area contributed by atoms with E-state index in [2.05, 4.69) is 10.6 Å². The van der Waals surface area contributed by atoms with Gasteiger partial charge in [0.05, 0.1) is 12.8 Å². The SMILES string of the molecule is COc1ccc(NC(=O)c2oc3ccc(F)cc3c2C)cc1NC(=O)OC(C)(C)C. The fourth-order valence-corrected chi connectivity index (χ4v) is 2.89. The van der Waals surface area contributed by atoms with Crippen LogP contribution in [0.15, 0.2) is 40.8 Å². The number of fused-ring (bicyclic) bond motifs is 1. The number of halogens is 1. The van der Waals surface area contributed by atoms with Crippen LogP contribution in [-0.4, -0.2) is 24.7 Å². The Kier molecular flexibility index (Phi) is 5.69. The number of furan rings is 1. The van der Waals surface area contributed by atoms with Crippen molar-refractivity contribution in [2.24, 2.45) is 0 Å². The molecule has 0 atom stereocenters. The highest BCUT2D eigenvalue weighted by atomic mass is 19.1. The third kappa shape index (κ3) is 4.71. The molecule has 0 spiro atoms. The lowest BCUT2D eigenvalue weighted by molar-refractivity contribution is 0.0635. The number of aryl methyl sites for hydroxylation is 1. The Labute approximate surface area is 173 Å². The number of nitrogens with one attached hydrogen (secondary N) is 2. The molecule has 2 amide bonds. The summed E-state index contributed by atoms with van der Waals surface area (Å²) in [6.45, 7) is 6.94. The summed E-state index contributed by atoms with van der Waals surface area (Å²) in [5, 5.41) is 5.85. The topological polar surface area (TPSA) is 89.8 Å². The zero-order valence-electron chi connectivity index (χ0n) is 17.4. The molecule has 3 rings (SSSR count). The van der Waals surface area contributed by atoms with E-state index in [-0.39, 0.29) is 5.76 Å². The first kappa shape index (κ1) is 21.2. The molecule has 2 aromatic carbocycles. The minimum absolute atomic E-state index is 0.0769. The molecule has 30 heavy (non-hydrogen) atoms. The van der Waals surface area contributed by atoms with Crippen LogP contribution in [0, 0.1) is 12.7 Å². The highest BCUT2D eigenvalue weighted by Gasteiger charge is 2.20. The van der Waals surface area contributed by atoms with E-state index in [9.17, 15) is 14.0 Å². The largest absolute Gasteiger partial charge is 0.495 e. The molecule has 0 saturated carbocycles. The number of benzene rings is 2. The molecule has 2 N–H and O–H groups in total. The first-order chi connectivity index (χ1) is 14.1. The lowest BCUT2D eigenvalue weighted by Crippen LogP contribution is -2.27. The smallest absolute Gasteiger partial charge is 0.412 e. The van der Waals surface area contributed by atoms with E-state index in [1.807, 2.05) is 0 Å². The fraction of sp³-hybridized carbons (Fsp3) is 0.273. The molecule has 0 unspecified atom stereocenters. The van der Waals surface area contributed by atoms with Crippen molar-refractivity contribution in [3.8, 4) is 5.75 Å². The number of ether oxygens (including phenoxy) is 2. The Bertz CT molecular complexity index is 1110. The minimum atomic E-state index is -0.665. The van der Waals surface area contributed by atoms with Gasteiger partial charge in [-0.3, -0.25) is 10.1 Å². The molecule has 0 saturated heterocycles. The first-order valence-corrected chi connectivity index (χ1v) is 9.25. The molecular formula is C22H23FN2O5. The van der Waals surface area contributed by atoms with Crippen molar-refractivity contribution in [1.82, 2.24) is 0 Å². The van der Waals surface area contributed by atoms with Gasteiger partial charge >= 0.3 is 6.09 Å². The van der Waals surface area contributed by atoms with Crippen molar-refractivity contribution in [2.45, 2.75) is 33.3 Å². The molecule has 0 bridgehead atoms. The molecule has 1 aromatic heterocycles. The van der Waals surface area contributed by atoms with Gasteiger partial charge in [0, 0.05) is 16.6 Å². The number of rotatable bonds is 4. The zero-order valence-corrected chi connectivity index (χ0v) is 17.4. The molecule has 158 valence electrons. The van der Waals surface area contributed by atoms with E-state index in [0.717, 1.165) is 0 Å². The molecule has 0 aliphatic carbocycles. The maximum atomic E-state index is 13.5. The van der Waals surface area contributed by atoms with Crippen LogP contribution in [0.2, 0.25) is 0 Å². The maximum Gasteiger partial charge on any atom is 0.412 e. The van der Waals surface area contributed by atoms with Crippen LogP contribution >= 0.6 is 0 Å². The molecule has 7 nitrogen and oxygen atoms in total. The maximum absolute atomic E-state index is 13.5. The fourth-order valence-electron chi connectivity index (χ4n) is 2.89. The van der Waals surface area contributed by atoms with E-state index >= 15 is 0 Å². The van der Waals surface area contributed by atoms with Crippen LogP contribution in [0.1, 0.15) is 36.9 Å². The van der Waals surface area contributed by atoms with Crippen LogP contribution in [0.3, 0.4) is 0 Å². The third-order valence-electron chi connectivity index (χ3n) is 4.20. The van der Waals surface area contributed by atoms with E-state index in [1.54, 1.807) is 39.8 Å². The normalized spacial score (nSPS) is 11.3. The van der Waals surface area contributed by atoms with Gasteiger partial charge < -0.3 is 19.2 Å².